The molecule has 2 aromatic rings. The van der Waals surface area contributed by atoms with Crippen LogP contribution in [0.2, 0.25) is 0 Å². The number of aromatic nitrogens is 1. The van der Waals surface area contributed by atoms with Crippen LogP contribution in [-0.4, -0.2) is 40.7 Å². The second-order valence-corrected chi connectivity index (χ2v) is 9.79. The third-order valence-electron chi connectivity index (χ3n) is 6.70. The van der Waals surface area contributed by atoms with Crippen molar-refractivity contribution in [2.45, 2.75) is 58.0 Å². The number of carbonyl (C=O) groups is 1. The van der Waals surface area contributed by atoms with E-state index in [2.05, 4.69) is 4.90 Å². The van der Waals surface area contributed by atoms with Gasteiger partial charge >= 0.3 is 5.97 Å². The van der Waals surface area contributed by atoms with Crippen molar-refractivity contribution in [1.29, 1.82) is 0 Å². The number of ether oxygens (including phenoxy) is 1. The van der Waals surface area contributed by atoms with Gasteiger partial charge in [0.2, 0.25) is 11.2 Å². The molecule has 2 aromatic heterocycles. The maximum Gasteiger partial charge on any atom is 0.306 e. The lowest BCUT2D eigenvalue weighted by molar-refractivity contribution is -0.141. The highest BCUT2D eigenvalue weighted by atomic mass is 16.5. The normalized spacial score (nSPS) is 21.0. The van der Waals surface area contributed by atoms with Gasteiger partial charge < -0.3 is 18.8 Å². The molecule has 4 rings (SSSR count). The average Bonchev–Trinajstić information content (AvgIpc) is 2.76. The molecule has 33 heavy (non-hydrogen) atoms. The van der Waals surface area contributed by atoms with Crippen LogP contribution in [0.15, 0.2) is 38.3 Å². The molecule has 178 valence electrons. The van der Waals surface area contributed by atoms with Gasteiger partial charge in [-0.15, -0.1) is 0 Å². The fourth-order valence-electron chi connectivity index (χ4n) is 5.39. The third-order valence-corrected chi connectivity index (χ3v) is 6.70. The van der Waals surface area contributed by atoms with E-state index in [0.717, 1.165) is 25.2 Å². The second kappa shape index (κ2) is 9.55. The number of nitrogens with zero attached hydrogens (tertiary/aromatic N) is 2. The molecule has 3 atom stereocenters. The lowest BCUT2D eigenvalue weighted by Crippen LogP contribution is -2.46. The smallest absolute Gasteiger partial charge is 0.306 e. The standard InChI is InChI=1S/C25H32N2O6/c1-15(2)7-17(9-23(30)32-3)25-24(31)21(28)10-19(33-25)14-26-11-16-8-18(13-26)20-5-4-6-22(29)27(20)12-16/h4-6,10,15-18,31H,7-9,11-14H2,1-3H3/t16-,17+,18+/m0/s1. The van der Waals surface area contributed by atoms with Crippen LogP contribution >= 0.6 is 0 Å². The van der Waals surface area contributed by atoms with E-state index in [1.807, 2.05) is 30.5 Å². The maximum atomic E-state index is 12.6. The van der Waals surface area contributed by atoms with Gasteiger partial charge in [-0.1, -0.05) is 19.9 Å². The minimum absolute atomic E-state index is 0.0357. The van der Waals surface area contributed by atoms with Gasteiger partial charge in [-0.05, 0) is 30.7 Å². The number of hydrogen-bond donors (Lipinski definition) is 1. The van der Waals surface area contributed by atoms with Crippen molar-refractivity contribution in [3.63, 3.8) is 0 Å². The van der Waals surface area contributed by atoms with Crippen molar-refractivity contribution in [3.05, 3.63) is 62.1 Å². The molecule has 0 radical (unpaired) electrons. The molecule has 0 saturated carbocycles. The average molecular weight is 457 g/mol. The number of pyridine rings is 1. The largest absolute Gasteiger partial charge is 0.502 e. The summed E-state index contributed by atoms with van der Waals surface area (Å²) in [4.78, 5) is 39.0. The first-order valence-electron chi connectivity index (χ1n) is 11.6. The number of likely N-dealkylation sites (tertiary alicyclic amines) is 1. The molecule has 0 spiro atoms. The van der Waals surface area contributed by atoms with Crippen molar-refractivity contribution in [1.82, 2.24) is 9.47 Å². The molecule has 4 heterocycles. The summed E-state index contributed by atoms with van der Waals surface area (Å²) >= 11 is 0. The Labute approximate surface area is 192 Å². The van der Waals surface area contributed by atoms with Gasteiger partial charge in [0.1, 0.15) is 5.76 Å². The number of esters is 1. The molecule has 8 nitrogen and oxygen atoms in total. The number of aromatic hydroxyl groups is 1. The molecule has 0 amide bonds. The zero-order valence-electron chi connectivity index (χ0n) is 19.5. The van der Waals surface area contributed by atoms with E-state index >= 15 is 0 Å². The lowest BCUT2D eigenvalue weighted by atomic mass is 9.83. The fraction of sp³-hybridized carbons (Fsp3) is 0.560. The Morgan fingerprint density at radius 1 is 1.24 bits per heavy atom. The number of fused-ring (bicyclic) bond motifs is 4. The highest BCUT2D eigenvalue weighted by Gasteiger charge is 2.35. The lowest BCUT2D eigenvalue weighted by Gasteiger charge is -2.42. The summed E-state index contributed by atoms with van der Waals surface area (Å²) in [6.07, 6.45) is 1.66. The van der Waals surface area contributed by atoms with Crippen molar-refractivity contribution in [2.24, 2.45) is 11.8 Å². The summed E-state index contributed by atoms with van der Waals surface area (Å²) in [6, 6.07) is 6.78. The summed E-state index contributed by atoms with van der Waals surface area (Å²) in [5, 5.41) is 10.5. The van der Waals surface area contributed by atoms with Crippen LogP contribution < -0.4 is 11.0 Å². The van der Waals surface area contributed by atoms with E-state index in [9.17, 15) is 19.5 Å². The number of piperidine rings is 1. The van der Waals surface area contributed by atoms with Crippen LogP contribution in [0.1, 0.15) is 62.2 Å². The molecule has 2 aliphatic heterocycles. The molecule has 2 bridgehead atoms. The second-order valence-electron chi connectivity index (χ2n) is 9.79. The van der Waals surface area contributed by atoms with Gasteiger partial charge in [0.15, 0.2) is 5.76 Å². The SMILES string of the molecule is COC(=O)C[C@@H](CC(C)C)c1oc(CN2C[C@@H]3C[C@H](C2)c2cccc(=O)n2C3)cc(=O)c1O. The van der Waals surface area contributed by atoms with E-state index in [-0.39, 0.29) is 29.6 Å². The van der Waals surface area contributed by atoms with Crippen LogP contribution in [0.25, 0.3) is 0 Å². The summed E-state index contributed by atoms with van der Waals surface area (Å²) in [6.45, 7) is 6.71. The van der Waals surface area contributed by atoms with Crippen molar-refractivity contribution < 1.29 is 19.1 Å². The van der Waals surface area contributed by atoms with Gasteiger partial charge in [-0.25, -0.2) is 0 Å². The topological polar surface area (TPSA) is 102 Å². The first-order chi connectivity index (χ1) is 15.7. The van der Waals surface area contributed by atoms with Crippen molar-refractivity contribution >= 4 is 5.97 Å². The molecule has 2 aliphatic rings. The molecule has 1 N–H and O–H groups in total. The van der Waals surface area contributed by atoms with Gasteiger partial charge in [0.25, 0.3) is 5.56 Å². The Hall–Kier alpha value is -2.87. The molecular formula is C25H32N2O6. The zero-order chi connectivity index (χ0) is 23.7. The monoisotopic (exact) mass is 456 g/mol. The summed E-state index contributed by atoms with van der Waals surface area (Å²) in [5.41, 5.74) is 0.608. The first-order valence-corrected chi connectivity index (χ1v) is 11.6. The predicted octanol–water partition coefficient (Wildman–Crippen LogP) is 2.82. The van der Waals surface area contributed by atoms with Crippen LogP contribution in [-0.2, 0) is 22.6 Å². The minimum Gasteiger partial charge on any atom is -0.502 e. The Kier molecular flexibility index (Phi) is 6.74. The van der Waals surface area contributed by atoms with E-state index < -0.39 is 23.1 Å². The third kappa shape index (κ3) is 5.05. The molecule has 0 aromatic carbocycles. The Morgan fingerprint density at radius 3 is 2.76 bits per heavy atom. The highest BCUT2D eigenvalue weighted by Crippen LogP contribution is 2.36. The maximum absolute atomic E-state index is 12.6. The van der Waals surface area contributed by atoms with Gasteiger partial charge in [0.05, 0.1) is 20.1 Å². The predicted molar refractivity (Wildman–Crippen MR) is 122 cm³/mol. The minimum atomic E-state index is -0.501. The van der Waals surface area contributed by atoms with Crippen molar-refractivity contribution in [3.8, 4) is 5.75 Å². The number of hydrogen-bond acceptors (Lipinski definition) is 7. The van der Waals surface area contributed by atoms with E-state index in [0.29, 0.717) is 31.2 Å². The molecule has 0 unspecified atom stereocenters. The van der Waals surface area contributed by atoms with Crippen LogP contribution in [0.5, 0.6) is 5.75 Å². The Morgan fingerprint density at radius 2 is 2.03 bits per heavy atom. The quantitative estimate of drug-likeness (QED) is 0.639. The van der Waals surface area contributed by atoms with E-state index in [4.69, 9.17) is 9.15 Å². The zero-order valence-corrected chi connectivity index (χ0v) is 19.5. The van der Waals surface area contributed by atoms with Gasteiger partial charge in [-0.2, -0.15) is 0 Å². The fourth-order valence-corrected chi connectivity index (χ4v) is 5.39. The van der Waals surface area contributed by atoms with Gasteiger partial charge in [0, 0.05) is 49.3 Å². The molecule has 1 fully saturated rings. The first kappa shape index (κ1) is 23.3. The molecule has 0 aliphatic carbocycles. The summed E-state index contributed by atoms with van der Waals surface area (Å²) in [7, 11) is 1.32. The van der Waals surface area contributed by atoms with Crippen molar-refractivity contribution in [2.75, 3.05) is 20.2 Å². The van der Waals surface area contributed by atoms with Crippen LogP contribution in [0.4, 0.5) is 0 Å². The van der Waals surface area contributed by atoms with Crippen LogP contribution in [0.3, 0.4) is 0 Å². The highest BCUT2D eigenvalue weighted by molar-refractivity contribution is 5.70. The Bertz CT molecular complexity index is 1130. The Balaban J connectivity index is 1.58. The number of rotatable bonds is 7. The summed E-state index contributed by atoms with van der Waals surface area (Å²) < 4.78 is 12.8. The molecule has 1 saturated heterocycles. The number of methoxy groups -OCH3 is 1. The molecular weight excluding hydrogens is 424 g/mol. The van der Waals surface area contributed by atoms with E-state index in [1.165, 1.54) is 13.2 Å². The van der Waals surface area contributed by atoms with Gasteiger partial charge in [-0.3, -0.25) is 19.3 Å². The molecule has 8 heteroatoms. The number of carbonyl (C=O) groups excluding carboxylic acids is 1. The summed E-state index contributed by atoms with van der Waals surface area (Å²) in [5.74, 6) is 0.184. The van der Waals surface area contributed by atoms with Crippen LogP contribution in [0, 0.1) is 11.8 Å². The van der Waals surface area contributed by atoms with E-state index in [1.54, 1.807) is 6.07 Å².